The van der Waals surface area contributed by atoms with Crippen LogP contribution >= 0.6 is 0 Å². The minimum Gasteiger partial charge on any atom is -0.436 e. The van der Waals surface area contributed by atoms with Crippen LogP contribution in [0.4, 0.5) is 15.3 Å². The number of aryl methyl sites for hydroxylation is 2. The van der Waals surface area contributed by atoms with Gasteiger partial charge >= 0.3 is 12.1 Å². The normalized spacial score (nSPS) is 20.7. The Hall–Kier alpha value is -3.63. The van der Waals surface area contributed by atoms with Crippen LogP contribution in [0.2, 0.25) is 0 Å². The molecule has 0 unspecified atom stereocenters. The molecule has 10 nitrogen and oxygen atoms in total. The maximum absolute atomic E-state index is 13.9. The van der Waals surface area contributed by atoms with Crippen LogP contribution in [-0.4, -0.2) is 115 Å². The van der Waals surface area contributed by atoms with Crippen molar-refractivity contribution in [3.63, 3.8) is 0 Å². The largest absolute Gasteiger partial charge is 0.436 e. The van der Waals surface area contributed by atoms with Crippen LogP contribution in [0.5, 0.6) is 0 Å². The van der Waals surface area contributed by atoms with Crippen molar-refractivity contribution in [1.29, 1.82) is 0 Å². The molecule has 0 radical (unpaired) electrons. The van der Waals surface area contributed by atoms with E-state index in [2.05, 4.69) is 39.8 Å². The zero-order valence-electron chi connectivity index (χ0n) is 26.8. The highest BCUT2D eigenvalue weighted by molar-refractivity contribution is 5.91. The van der Waals surface area contributed by atoms with Crippen LogP contribution in [0.15, 0.2) is 42.5 Å². The molecular weight excluding hydrogens is 580 g/mol. The Morgan fingerprint density at radius 3 is 2.22 bits per heavy atom. The first kappa shape index (κ1) is 33.7. The number of piperazine rings is 1. The quantitative estimate of drug-likeness (QED) is 0.489. The Labute approximate surface area is 274 Å². The van der Waals surface area contributed by atoms with Crippen LogP contribution in [0.1, 0.15) is 55.4 Å². The Bertz CT molecular complexity index is 1340. The van der Waals surface area contributed by atoms with Gasteiger partial charge in [-0.3, -0.25) is 9.69 Å². The number of ether oxygens (including phenoxy) is 1. The zero-order valence-corrected chi connectivity index (χ0v) is 26.8. The van der Waals surface area contributed by atoms with Crippen molar-refractivity contribution < 1.29 is 19.1 Å². The van der Waals surface area contributed by atoms with E-state index in [1.165, 1.54) is 0 Å². The number of nitrogens with one attached hydrogen (secondary N) is 2. The molecule has 3 saturated heterocycles. The average molecular weight is 633 g/mol. The summed E-state index contributed by atoms with van der Waals surface area (Å²) in [5.74, 6) is -0.108. The van der Waals surface area contributed by atoms with Gasteiger partial charge in [-0.1, -0.05) is 55.0 Å². The molecule has 4 aliphatic heterocycles. The molecule has 4 amide bonds. The Morgan fingerprint density at radius 1 is 0.848 bits per heavy atom. The number of anilines is 1. The van der Waals surface area contributed by atoms with Crippen molar-refractivity contribution in [2.24, 2.45) is 0 Å². The van der Waals surface area contributed by atoms with E-state index in [1.54, 1.807) is 4.90 Å². The van der Waals surface area contributed by atoms with E-state index in [9.17, 15) is 14.4 Å². The molecule has 3 fully saturated rings. The first-order valence-corrected chi connectivity index (χ1v) is 16.8. The van der Waals surface area contributed by atoms with Gasteiger partial charge in [0.05, 0.1) is 0 Å². The second-order valence-electron chi connectivity index (χ2n) is 13.2. The van der Waals surface area contributed by atoms with Crippen molar-refractivity contribution in [3.05, 3.63) is 64.7 Å². The van der Waals surface area contributed by atoms with E-state index in [4.69, 9.17) is 4.74 Å². The van der Waals surface area contributed by atoms with Gasteiger partial charge in [-0.15, -0.1) is 0 Å². The molecule has 46 heavy (non-hydrogen) atoms. The lowest BCUT2D eigenvalue weighted by Crippen LogP contribution is -2.56. The lowest BCUT2D eigenvalue weighted by molar-refractivity contribution is -0.143. The molecule has 2 N–H and O–H groups in total. The number of benzene rings is 2. The summed E-state index contributed by atoms with van der Waals surface area (Å²) in [7, 11) is 0. The van der Waals surface area contributed by atoms with E-state index in [0.717, 1.165) is 73.4 Å². The number of hydrogen-bond donors (Lipinski definition) is 2. The van der Waals surface area contributed by atoms with Gasteiger partial charge in [0.15, 0.2) is 6.10 Å². The number of carbonyl (C=O) groups excluding carboxylic acids is 3. The number of amides is 4. The second-order valence-corrected chi connectivity index (χ2v) is 13.2. The molecule has 250 valence electrons. The summed E-state index contributed by atoms with van der Waals surface area (Å²) in [6, 6.07) is 14.7. The van der Waals surface area contributed by atoms with E-state index in [1.807, 2.05) is 41.8 Å². The monoisotopic (exact) mass is 632 g/mol. The zero-order chi connectivity index (χ0) is 31.3. The van der Waals surface area contributed by atoms with Crippen molar-refractivity contribution in [2.45, 2.75) is 78.0 Å². The van der Waals surface area contributed by atoms with Gasteiger partial charge in [0.2, 0.25) is 0 Å². The molecule has 0 spiro atoms. The van der Waals surface area contributed by atoms with E-state index in [0.29, 0.717) is 58.0 Å². The third kappa shape index (κ3) is 8.01. The SMILES string of the molecule is C.Cc1cc(C)cc(C[C@@H](OC(=O)N2CCC(N3CCc4ccccc4NC3=O)CC2)C(=O)N2CCN(C3CCNCC3)CC2)c1. The summed E-state index contributed by atoms with van der Waals surface area (Å²) in [6.45, 7) is 10.8. The Balaban J connectivity index is 0.00000417. The summed E-state index contributed by atoms with van der Waals surface area (Å²) < 4.78 is 6.08. The Morgan fingerprint density at radius 2 is 1.52 bits per heavy atom. The highest BCUT2D eigenvalue weighted by Crippen LogP contribution is 2.25. The smallest absolute Gasteiger partial charge is 0.410 e. The number of nitrogens with zero attached hydrogens (tertiary/aromatic N) is 4. The third-order valence-electron chi connectivity index (χ3n) is 9.98. The predicted octanol–water partition coefficient (Wildman–Crippen LogP) is 4.44. The number of likely N-dealkylation sites (tertiary alicyclic amines) is 1. The highest BCUT2D eigenvalue weighted by Gasteiger charge is 2.36. The van der Waals surface area contributed by atoms with Crippen molar-refractivity contribution in [2.75, 3.05) is 64.2 Å². The second kappa shape index (κ2) is 15.3. The average Bonchev–Trinajstić information content (AvgIpc) is 3.22. The molecule has 4 aliphatic rings. The molecule has 0 bridgehead atoms. The lowest BCUT2D eigenvalue weighted by Gasteiger charge is -2.41. The van der Waals surface area contributed by atoms with Crippen LogP contribution < -0.4 is 10.6 Å². The van der Waals surface area contributed by atoms with Gasteiger partial charge in [-0.25, -0.2) is 9.59 Å². The number of rotatable bonds is 6. The van der Waals surface area contributed by atoms with Gasteiger partial charge in [0.25, 0.3) is 5.91 Å². The summed E-state index contributed by atoms with van der Waals surface area (Å²) in [4.78, 5) is 48.6. The van der Waals surface area contributed by atoms with Crippen LogP contribution in [0.3, 0.4) is 0 Å². The summed E-state index contributed by atoms with van der Waals surface area (Å²) in [5.41, 5.74) is 5.26. The molecule has 0 aliphatic carbocycles. The topological polar surface area (TPSA) is 97.5 Å². The summed E-state index contributed by atoms with van der Waals surface area (Å²) >= 11 is 0. The number of hydrogen-bond acceptors (Lipinski definition) is 6. The third-order valence-corrected chi connectivity index (χ3v) is 9.98. The first-order valence-electron chi connectivity index (χ1n) is 16.8. The molecule has 6 rings (SSSR count). The lowest BCUT2D eigenvalue weighted by atomic mass is 10.0. The molecule has 2 aromatic rings. The fraction of sp³-hybridized carbons (Fsp3) is 0.583. The van der Waals surface area contributed by atoms with E-state index >= 15 is 0 Å². The molecular formula is C36H52N6O4. The van der Waals surface area contributed by atoms with E-state index in [-0.39, 0.29) is 25.4 Å². The van der Waals surface area contributed by atoms with Gasteiger partial charge in [-0.2, -0.15) is 0 Å². The predicted molar refractivity (Wildman–Crippen MR) is 181 cm³/mol. The Kier molecular flexibility index (Phi) is 11.2. The maximum atomic E-state index is 13.9. The van der Waals surface area contributed by atoms with Crippen LogP contribution in [0.25, 0.3) is 0 Å². The van der Waals surface area contributed by atoms with Crippen molar-refractivity contribution in [1.82, 2.24) is 24.9 Å². The molecule has 4 heterocycles. The summed E-state index contributed by atoms with van der Waals surface area (Å²) in [5, 5.41) is 6.49. The fourth-order valence-corrected chi connectivity index (χ4v) is 7.56. The summed E-state index contributed by atoms with van der Waals surface area (Å²) in [6.07, 6.45) is 3.47. The van der Waals surface area contributed by atoms with Crippen molar-refractivity contribution in [3.8, 4) is 0 Å². The van der Waals surface area contributed by atoms with Crippen LogP contribution in [-0.2, 0) is 22.4 Å². The standard InChI is InChI=1S/C35H48N6O4.CH4/c1-25-21-26(2)23-27(22-25)24-32(33(42)39-19-17-38(18-20-39)29-7-12-36-13-8-29)45-35(44)40-14-10-30(11-15-40)41-16-9-28-5-3-4-6-31(28)37-34(41)43;/h3-6,21-23,29-30,32,36H,7-20,24H2,1-2H3,(H,37,43);1H4/t32-;/m1./s1. The molecule has 0 aromatic heterocycles. The van der Waals surface area contributed by atoms with E-state index < -0.39 is 12.2 Å². The van der Waals surface area contributed by atoms with Crippen molar-refractivity contribution >= 4 is 23.7 Å². The molecule has 2 aromatic carbocycles. The maximum Gasteiger partial charge on any atom is 0.410 e. The van der Waals surface area contributed by atoms with Gasteiger partial charge in [0.1, 0.15) is 0 Å². The van der Waals surface area contributed by atoms with Gasteiger partial charge in [0, 0.05) is 70.0 Å². The number of piperidine rings is 2. The first-order chi connectivity index (χ1) is 21.8. The minimum atomic E-state index is -0.878. The van der Waals surface area contributed by atoms with Gasteiger partial charge in [-0.05, 0) is 76.2 Å². The van der Waals surface area contributed by atoms with Gasteiger partial charge < -0.3 is 30.1 Å². The van der Waals surface area contributed by atoms with Crippen LogP contribution in [0, 0.1) is 13.8 Å². The molecule has 1 atom stereocenters. The molecule has 10 heteroatoms. The molecule has 0 saturated carbocycles. The number of para-hydroxylation sites is 1. The number of fused-ring (bicyclic) bond motifs is 1. The minimum absolute atomic E-state index is 0. The highest BCUT2D eigenvalue weighted by atomic mass is 16.6. The fourth-order valence-electron chi connectivity index (χ4n) is 7.56. The number of carbonyl (C=O) groups is 3. The number of urea groups is 1.